The zero-order valence-corrected chi connectivity index (χ0v) is 10.6. The summed E-state index contributed by atoms with van der Waals surface area (Å²) in [5, 5.41) is 9.86. The van der Waals surface area contributed by atoms with Gasteiger partial charge < -0.3 is 10.0 Å². The summed E-state index contributed by atoms with van der Waals surface area (Å²) < 4.78 is 0. The van der Waals surface area contributed by atoms with Crippen LogP contribution in [0.5, 0.6) is 0 Å². The molecule has 0 spiro atoms. The van der Waals surface area contributed by atoms with Crippen molar-refractivity contribution in [2.24, 2.45) is 0 Å². The number of fused-ring (bicyclic) bond motifs is 1. The maximum Gasteiger partial charge on any atom is 0.0653 e. The van der Waals surface area contributed by atoms with Gasteiger partial charge in [0.2, 0.25) is 0 Å². The Morgan fingerprint density at radius 2 is 2.18 bits per heavy atom. The molecular weight excluding hydrogens is 210 g/mol. The second-order valence-electron chi connectivity index (χ2n) is 5.52. The molecule has 0 atom stereocenters. The van der Waals surface area contributed by atoms with Gasteiger partial charge in [-0.1, -0.05) is 12.1 Å². The molecule has 0 saturated heterocycles. The summed E-state index contributed by atoms with van der Waals surface area (Å²) >= 11 is 0. The van der Waals surface area contributed by atoms with Crippen LogP contribution < -0.4 is 4.90 Å². The fourth-order valence-electron chi connectivity index (χ4n) is 2.78. The lowest BCUT2D eigenvalue weighted by atomic mass is 10.0. The lowest BCUT2D eigenvalue weighted by molar-refractivity contribution is 0.140. The quantitative estimate of drug-likeness (QED) is 0.860. The summed E-state index contributed by atoms with van der Waals surface area (Å²) in [7, 11) is 0. The average Bonchev–Trinajstić information content (AvgIpc) is 2.94. The third-order valence-corrected chi connectivity index (χ3v) is 4.22. The van der Waals surface area contributed by atoms with Crippen molar-refractivity contribution < 1.29 is 5.11 Å². The average molecular weight is 231 g/mol. The van der Waals surface area contributed by atoms with Gasteiger partial charge in [0.1, 0.15) is 0 Å². The van der Waals surface area contributed by atoms with Gasteiger partial charge in [0.05, 0.1) is 5.60 Å². The fraction of sp³-hybridized carbons (Fsp3) is 0.600. The van der Waals surface area contributed by atoms with E-state index in [9.17, 15) is 5.11 Å². The van der Waals surface area contributed by atoms with E-state index in [-0.39, 0.29) is 5.60 Å². The number of hydrogen-bond donors (Lipinski definition) is 1. The van der Waals surface area contributed by atoms with Crippen LogP contribution in [-0.4, -0.2) is 23.8 Å². The van der Waals surface area contributed by atoms with Crippen LogP contribution >= 0.6 is 0 Å². The van der Waals surface area contributed by atoms with E-state index in [0.29, 0.717) is 0 Å². The summed E-state index contributed by atoms with van der Waals surface area (Å²) in [4.78, 5) is 2.44. The Kier molecular flexibility index (Phi) is 2.62. The van der Waals surface area contributed by atoms with Gasteiger partial charge in [0.15, 0.2) is 0 Å². The molecule has 0 bridgehead atoms. The minimum Gasteiger partial charge on any atom is -0.390 e. The summed E-state index contributed by atoms with van der Waals surface area (Å²) in [5.74, 6) is 0. The highest BCUT2D eigenvalue weighted by Crippen LogP contribution is 2.39. The first-order valence-electron chi connectivity index (χ1n) is 6.79. The number of likely N-dealkylation sites (N-methyl/N-ethyl adjacent to an activating group) is 1. The number of rotatable bonds is 4. The molecule has 2 nitrogen and oxygen atoms in total. The molecule has 2 heteroatoms. The summed E-state index contributed by atoms with van der Waals surface area (Å²) in [6.07, 6.45) is 5.14. The van der Waals surface area contributed by atoms with E-state index in [1.165, 1.54) is 29.8 Å². The molecule has 0 aromatic heterocycles. The van der Waals surface area contributed by atoms with Gasteiger partial charge in [-0.05, 0) is 56.2 Å². The number of aryl methyl sites for hydroxylation is 1. The highest BCUT2D eigenvalue weighted by molar-refractivity contribution is 5.59. The van der Waals surface area contributed by atoms with Gasteiger partial charge >= 0.3 is 0 Å². The minimum absolute atomic E-state index is 0.311. The molecule has 17 heavy (non-hydrogen) atoms. The Hall–Kier alpha value is -1.02. The summed E-state index contributed by atoms with van der Waals surface area (Å²) in [6, 6.07) is 6.84. The lowest BCUT2D eigenvalue weighted by Gasteiger charge is -2.16. The second-order valence-corrected chi connectivity index (χ2v) is 5.52. The fourth-order valence-corrected chi connectivity index (χ4v) is 2.78. The van der Waals surface area contributed by atoms with Crippen molar-refractivity contribution in [1.29, 1.82) is 0 Å². The Morgan fingerprint density at radius 3 is 2.88 bits per heavy atom. The van der Waals surface area contributed by atoms with Crippen LogP contribution in [0.15, 0.2) is 18.2 Å². The normalized spacial score (nSPS) is 20.5. The van der Waals surface area contributed by atoms with Gasteiger partial charge in [-0.2, -0.15) is 0 Å². The molecule has 1 saturated carbocycles. The molecule has 3 rings (SSSR count). The molecule has 0 unspecified atom stereocenters. The topological polar surface area (TPSA) is 23.5 Å². The van der Waals surface area contributed by atoms with Crippen LogP contribution in [0.1, 0.15) is 37.3 Å². The molecule has 1 aromatic carbocycles. The van der Waals surface area contributed by atoms with Crippen molar-refractivity contribution >= 4 is 5.69 Å². The van der Waals surface area contributed by atoms with Gasteiger partial charge in [0, 0.05) is 18.8 Å². The van der Waals surface area contributed by atoms with Crippen molar-refractivity contribution in [2.45, 2.75) is 44.6 Å². The van der Waals surface area contributed by atoms with E-state index in [1.54, 1.807) is 0 Å². The van der Waals surface area contributed by atoms with Crippen molar-refractivity contribution in [2.75, 3.05) is 18.0 Å². The van der Waals surface area contributed by atoms with Crippen LogP contribution in [-0.2, 0) is 12.8 Å². The molecule has 1 heterocycles. The van der Waals surface area contributed by atoms with E-state index in [2.05, 4.69) is 30.0 Å². The van der Waals surface area contributed by atoms with Gasteiger partial charge in [0.25, 0.3) is 0 Å². The third-order valence-electron chi connectivity index (χ3n) is 4.22. The first-order valence-corrected chi connectivity index (χ1v) is 6.79. The smallest absolute Gasteiger partial charge is 0.0653 e. The standard InChI is InChI=1S/C15H21NO/c1-2-16-10-6-13-11-12(3-4-14(13)16)5-7-15(17)8-9-15/h3-4,11,17H,2,5-10H2,1H3. The SMILES string of the molecule is CCN1CCc2cc(CCC3(O)CC3)ccc21. The molecule has 1 fully saturated rings. The second kappa shape index (κ2) is 4.02. The van der Waals surface area contributed by atoms with Gasteiger partial charge in [-0.15, -0.1) is 0 Å². The highest BCUT2D eigenvalue weighted by atomic mass is 16.3. The van der Waals surface area contributed by atoms with E-state index < -0.39 is 0 Å². The molecule has 2 aliphatic rings. The van der Waals surface area contributed by atoms with E-state index in [1.807, 2.05) is 0 Å². The molecule has 1 N–H and O–H groups in total. The van der Waals surface area contributed by atoms with Gasteiger partial charge in [-0.3, -0.25) is 0 Å². The maximum atomic E-state index is 9.86. The lowest BCUT2D eigenvalue weighted by Crippen LogP contribution is -2.19. The largest absolute Gasteiger partial charge is 0.390 e. The Bertz CT molecular complexity index is 423. The molecule has 92 valence electrons. The van der Waals surface area contributed by atoms with Crippen LogP contribution in [0, 0.1) is 0 Å². The van der Waals surface area contributed by atoms with Crippen molar-refractivity contribution in [3.05, 3.63) is 29.3 Å². The molecule has 1 aromatic rings. The minimum atomic E-state index is -0.311. The van der Waals surface area contributed by atoms with Gasteiger partial charge in [-0.25, -0.2) is 0 Å². The first kappa shape index (κ1) is 11.1. The Labute approximate surface area is 103 Å². The van der Waals surface area contributed by atoms with Crippen LogP contribution in [0.3, 0.4) is 0 Å². The maximum absolute atomic E-state index is 9.86. The molecule has 1 aliphatic heterocycles. The Morgan fingerprint density at radius 1 is 1.35 bits per heavy atom. The van der Waals surface area contributed by atoms with E-state index in [4.69, 9.17) is 0 Å². The molecule has 0 radical (unpaired) electrons. The zero-order valence-electron chi connectivity index (χ0n) is 10.6. The Balaban J connectivity index is 1.71. The highest BCUT2D eigenvalue weighted by Gasteiger charge is 2.39. The predicted molar refractivity (Wildman–Crippen MR) is 70.5 cm³/mol. The number of hydrogen-bond acceptors (Lipinski definition) is 2. The van der Waals surface area contributed by atoms with Crippen molar-refractivity contribution in [1.82, 2.24) is 0 Å². The van der Waals surface area contributed by atoms with Crippen molar-refractivity contribution in [3.63, 3.8) is 0 Å². The number of benzene rings is 1. The summed E-state index contributed by atoms with van der Waals surface area (Å²) in [5.41, 5.74) is 3.99. The number of aliphatic hydroxyl groups is 1. The van der Waals surface area contributed by atoms with Crippen LogP contribution in [0.25, 0.3) is 0 Å². The first-order chi connectivity index (χ1) is 8.20. The molecule has 0 amide bonds. The number of anilines is 1. The zero-order chi connectivity index (χ0) is 11.9. The van der Waals surface area contributed by atoms with E-state index in [0.717, 1.165) is 32.2 Å². The third kappa shape index (κ3) is 2.19. The molecule has 1 aliphatic carbocycles. The molecular formula is C15H21NO. The number of nitrogens with zero attached hydrogens (tertiary/aromatic N) is 1. The van der Waals surface area contributed by atoms with Crippen LogP contribution in [0.4, 0.5) is 5.69 Å². The summed E-state index contributed by atoms with van der Waals surface area (Å²) in [6.45, 7) is 4.48. The van der Waals surface area contributed by atoms with Crippen molar-refractivity contribution in [3.8, 4) is 0 Å². The predicted octanol–water partition coefficient (Wildman–Crippen LogP) is 2.53. The monoisotopic (exact) mass is 231 g/mol. The van der Waals surface area contributed by atoms with E-state index >= 15 is 0 Å². The van der Waals surface area contributed by atoms with Crippen LogP contribution in [0.2, 0.25) is 0 Å².